The number of carboxylic acids is 5. The fourth-order valence-corrected chi connectivity index (χ4v) is 4.38. The van der Waals surface area contributed by atoms with Crippen LogP contribution in [0.4, 0.5) is 0 Å². The Bertz CT molecular complexity index is 936. The van der Waals surface area contributed by atoms with Crippen molar-refractivity contribution in [1.29, 1.82) is 0 Å². The molecule has 0 aliphatic heterocycles. The minimum absolute atomic E-state index is 0. The molecule has 0 aromatic rings. The topological polar surface area (TPSA) is 477 Å². The van der Waals surface area contributed by atoms with E-state index in [0.29, 0.717) is 65.4 Å². The first kappa shape index (κ1) is 85.1. The second-order valence-electron chi connectivity index (χ2n) is 11.4. The number of nitrogens with zero attached hydrogens (tertiary/aromatic N) is 5. The summed E-state index contributed by atoms with van der Waals surface area (Å²) in [5, 5.41) is 51.9. The quantitative estimate of drug-likeness (QED) is 0.0400. The van der Waals surface area contributed by atoms with Crippen LogP contribution in [0, 0.1) is 0 Å². The van der Waals surface area contributed by atoms with Gasteiger partial charge in [0.25, 0.3) is 0 Å². The van der Waals surface area contributed by atoms with Gasteiger partial charge < -0.3 is 49.5 Å². The van der Waals surface area contributed by atoms with E-state index in [1.165, 1.54) is 24.5 Å². The third kappa shape index (κ3) is 30.9. The molecule has 0 saturated carbocycles. The molecule has 0 bridgehead atoms. The van der Waals surface area contributed by atoms with Gasteiger partial charge in [-0.25, -0.2) is 0 Å². The van der Waals surface area contributed by atoms with E-state index in [9.17, 15) is 49.5 Å². The van der Waals surface area contributed by atoms with Gasteiger partial charge in [-0.05, 0) is 65.4 Å². The van der Waals surface area contributed by atoms with Crippen molar-refractivity contribution in [3.63, 3.8) is 0 Å². The van der Waals surface area contributed by atoms with Crippen molar-refractivity contribution < 1.29 is 197 Å². The van der Waals surface area contributed by atoms with Crippen LogP contribution < -0.4 is 231 Å². The van der Waals surface area contributed by atoms with Crippen LogP contribution in [0.15, 0.2) is 0 Å². The molecule has 0 spiro atoms. The number of hydrogen-bond donors (Lipinski definition) is 10. The minimum atomic E-state index is -1.84. The van der Waals surface area contributed by atoms with Gasteiger partial charge in [-0.1, -0.05) is 69.2 Å². The van der Waals surface area contributed by atoms with Crippen molar-refractivity contribution in [2.24, 2.45) is 57.3 Å². The summed E-state index contributed by atoms with van der Waals surface area (Å²) in [5.74, 6) is -16.5. The maximum Gasteiger partial charge on any atom is 1.00 e. The molecule has 330 valence electrons. The van der Waals surface area contributed by atoms with E-state index in [1.54, 1.807) is 69.2 Å². The Labute approximate surface area is 466 Å². The van der Waals surface area contributed by atoms with Gasteiger partial charge in [0.2, 0.25) is 0 Å². The van der Waals surface area contributed by atoms with Crippen molar-refractivity contribution in [2.45, 2.75) is 98.2 Å². The number of carbonyl (C=O) groups excluding carboxylic acids is 5. The van der Waals surface area contributed by atoms with Crippen LogP contribution >= 0.6 is 0 Å². The fourth-order valence-electron chi connectivity index (χ4n) is 4.38. The molecule has 0 saturated heterocycles. The normalized spacial score (nSPS) is 11.1. The van der Waals surface area contributed by atoms with Crippen LogP contribution in [0.1, 0.15) is 69.2 Å². The molecule has 0 heterocycles. The smallest absolute Gasteiger partial charge is 0.545 e. The van der Waals surface area contributed by atoms with Crippen molar-refractivity contribution in [1.82, 2.24) is 24.5 Å². The summed E-state index contributed by atoms with van der Waals surface area (Å²) >= 11 is 0. The molecule has 0 atom stereocenters. The van der Waals surface area contributed by atoms with Gasteiger partial charge in [-0.2, -0.15) is 0 Å². The SMILES string of the molecule is CCN(CC)C(N)(N)C(=O)[O-].CCN(CC)C(N)(N)C(=O)[O-].CCN(CC)C(N)(N)C(=O)[O-].CCN(CC)C(N)(N)C(=O)[O-].CCN(CC)C(N)(N)C(=O)[O-].[Na+].[Na+].[Na+].[Na+].[Na+]. The number of carboxylic acid groups (broad SMARTS) is 5. The first-order valence-corrected chi connectivity index (χ1v) is 17.5. The van der Waals surface area contributed by atoms with Crippen LogP contribution in [0.5, 0.6) is 0 Å². The van der Waals surface area contributed by atoms with E-state index in [2.05, 4.69) is 0 Å². The van der Waals surface area contributed by atoms with Crippen LogP contribution in [0.3, 0.4) is 0 Å². The van der Waals surface area contributed by atoms with Crippen LogP contribution in [-0.2, 0) is 24.0 Å². The summed E-state index contributed by atoms with van der Waals surface area (Å²) in [5.41, 5.74) is 52.7. The first-order chi connectivity index (χ1) is 24.8. The predicted molar refractivity (Wildman–Crippen MR) is 195 cm³/mol. The van der Waals surface area contributed by atoms with Crippen molar-refractivity contribution in [3.05, 3.63) is 0 Å². The number of rotatable bonds is 20. The zero-order valence-corrected chi connectivity index (χ0v) is 49.2. The average molecular weight is 916 g/mol. The standard InChI is InChI=1S/5C6H15N3O2.5Na/c5*1-3-9(4-2)6(7,8)5(10)11;;;;;/h5*3-4,7-8H2,1-2H3,(H,10,11);;;;;/q;;;;;5*+1/p-5. The Kier molecular flexibility index (Phi) is 59.7. The fraction of sp³-hybridized carbons (Fsp3) is 0.833. The molecule has 0 amide bonds. The number of carbonyl (C=O) groups is 5. The van der Waals surface area contributed by atoms with Gasteiger partial charge in [0, 0.05) is 0 Å². The maximum atomic E-state index is 10.4. The number of likely N-dealkylation sites (N-methyl/N-ethyl adjacent to an activating group) is 5. The summed E-state index contributed by atoms with van der Waals surface area (Å²) in [6.45, 7) is 22.6. The van der Waals surface area contributed by atoms with Crippen molar-refractivity contribution >= 4 is 29.8 Å². The summed E-state index contributed by atoms with van der Waals surface area (Å²) in [6.07, 6.45) is 0. The van der Waals surface area contributed by atoms with E-state index in [0.717, 1.165) is 0 Å². The third-order valence-corrected chi connectivity index (χ3v) is 8.07. The van der Waals surface area contributed by atoms with Crippen LogP contribution in [0.2, 0.25) is 0 Å². The molecule has 0 aromatic heterocycles. The molecular formula is C30H70N15Na5O10. The monoisotopic (exact) mass is 915 g/mol. The molecule has 60 heavy (non-hydrogen) atoms. The second kappa shape index (κ2) is 42.1. The number of aliphatic carboxylic acids is 5. The van der Waals surface area contributed by atoms with E-state index in [4.69, 9.17) is 57.3 Å². The Hall–Kier alpha value is 1.75. The predicted octanol–water partition coefficient (Wildman–Crippen LogP) is -26.7. The van der Waals surface area contributed by atoms with Crippen LogP contribution in [-0.4, -0.2) is 149 Å². The molecule has 25 nitrogen and oxygen atoms in total. The van der Waals surface area contributed by atoms with Crippen LogP contribution in [0.25, 0.3) is 0 Å². The van der Waals surface area contributed by atoms with Gasteiger partial charge >= 0.3 is 148 Å². The zero-order chi connectivity index (χ0) is 45.3. The van der Waals surface area contributed by atoms with Gasteiger partial charge in [-0.15, -0.1) is 0 Å². The second-order valence-corrected chi connectivity index (χ2v) is 11.4. The Morgan fingerprint density at radius 3 is 0.367 bits per heavy atom. The molecule has 0 fully saturated rings. The van der Waals surface area contributed by atoms with Gasteiger partial charge in [0.05, 0.1) is 29.8 Å². The van der Waals surface area contributed by atoms with E-state index in [1.807, 2.05) is 0 Å². The summed E-state index contributed by atoms with van der Waals surface area (Å²) in [4.78, 5) is 58.9. The molecule has 20 N–H and O–H groups in total. The van der Waals surface area contributed by atoms with E-state index >= 15 is 0 Å². The van der Waals surface area contributed by atoms with Crippen molar-refractivity contribution in [2.75, 3.05) is 65.4 Å². The van der Waals surface area contributed by atoms with Crippen molar-refractivity contribution in [3.8, 4) is 0 Å². The Balaban J connectivity index is -0.0000000638. The molecule has 30 heteroatoms. The Morgan fingerprint density at radius 2 is 0.350 bits per heavy atom. The van der Waals surface area contributed by atoms with E-state index in [-0.39, 0.29) is 148 Å². The Morgan fingerprint density at radius 1 is 0.283 bits per heavy atom. The minimum Gasteiger partial charge on any atom is -0.545 e. The van der Waals surface area contributed by atoms with Gasteiger partial charge in [0.15, 0.2) is 28.9 Å². The molecule has 0 unspecified atom stereocenters. The van der Waals surface area contributed by atoms with E-state index < -0.39 is 58.8 Å². The largest absolute Gasteiger partial charge is 1.00 e. The molecular weight excluding hydrogens is 845 g/mol. The molecule has 0 aromatic carbocycles. The molecule has 0 rings (SSSR count). The summed E-state index contributed by atoms with van der Waals surface area (Å²) in [6, 6.07) is 0. The first-order valence-electron chi connectivity index (χ1n) is 17.5. The number of hydrogen-bond acceptors (Lipinski definition) is 25. The summed E-state index contributed by atoms with van der Waals surface area (Å²) in [7, 11) is 0. The molecule has 0 radical (unpaired) electrons. The number of nitrogens with two attached hydrogens (primary N) is 10. The average Bonchev–Trinajstić information content (AvgIpc) is 3.07. The van der Waals surface area contributed by atoms with Gasteiger partial charge in [-0.3, -0.25) is 81.8 Å². The molecule has 0 aliphatic carbocycles. The van der Waals surface area contributed by atoms with Gasteiger partial charge in [0.1, 0.15) is 0 Å². The summed E-state index contributed by atoms with van der Waals surface area (Å²) < 4.78 is 0. The zero-order valence-electron chi connectivity index (χ0n) is 39.2. The third-order valence-electron chi connectivity index (χ3n) is 8.07. The maximum absolute atomic E-state index is 10.4. The molecule has 0 aliphatic rings.